The first kappa shape index (κ1) is 10.9. The lowest BCUT2D eigenvalue weighted by Crippen LogP contribution is -2.11. The van der Waals surface area contributed by atoms with Gasteiger partial charge in [-0.15, -0.1) is 0 Å². The number of carbonyl (C=O) groups is 1. The monoisotopic (exact) mass is 255 g/mol. The molecule has 0 bridgehead atoms. The number of hydrogen-bond acceptors (Lipinski definition) is 4. The summed E-state index contributed by atoms with van der Waals surface area (Å²) in [5, 5.41) is 2.84. The number of anilines is 1. The number of aromatic nitrogens is 2. The van der Waals surface area contributed by atoms with E-state index in [1.165, 1.54) is 0 Å². The summed E-state index contributed by atoms with van der Waals surface area (Å²) in [7, 11) is 0. The van der Waals surface area contributed by atoms with Crippen LogP contribution in [0, 0.1) is 0 Å². The lowest BCUT2D eigenvalue weighted by atomic mass is 10.2. The molecule has 5 heteroatoms. The van der Waals surface area contributed by atoms with E-state index in [1.807, 2.05) is 36.4 Å². The summed E-state index contributed by atoms with van der Waals surface area (Å²) in [6.45, 7) is 0. The van der Waals surface area contributed by atoms with Crippen LogP contribution in [-0.2, 0) is 0 Å². The van der Waals surface area contributed by atoms with Crippen LogP contribution in [0.25, 0.3) is 11.0 Å². The van der Waals surface area contributed by atoms with Crippen molar-refractivity contribution < 1.29 is 4.79 Å². The molecule has 0 atom stereocenters. The molecule has 0 aliphatic rings. The number of carbonyl (C=O) groups excluding carboxylic acids is 1. The fraction of sp³-hybridized carbons (Fsp3) is 0. The summed E-state index contributed by atoms with van der Waals surface area (Å²) in [4.78, 5) is 11.9. The van der Waals surface area contributed by atoms with Gasteiger partial charge >= 0.3 is 0 Å². The Bertz CT molecular complexity index is 694. The van der Waals surface area contributed by atoms with Gasteiger partial charge in [0, 0.05) is 11.3 Å². The van der Waals surface area contributed by atoms with Crippen molar-refractivity contribution in [2.45, 2.75) is 0 Å². The SMILES string of the molecule is O=C(Nc1ccc2nsnc2c1)c1ccccc1. The van der Waals surface area contributed by atoms with E-state index in [4.69, 9.17) is 0 Å². The van der Waals surface area contributed by atoms with Crippen LogP contribution >= 0.6 is 11.7 Å². The average Bonchev–Trinajstić information content (AvgIpc) is 2.87. The van der Waals surface area contributed by atoms with E-state index in [0.717, 1.165) is 28.4 Å². The highest BCUT2D eigenvalue weighted by Gasteiger charge is 2.06. The van der Waals surface area contributed by atoms with Crippen LogP contribution in [-0.4, -0.2) is 14.7 Å². The van der Waals surface area contributed by atoms with E-state index in [-0.39, 0.29) is 5.91 Å². The fourth-order valence-electron chi connectivity index (χ4n) is 1.65. The maximum Gasteiger partial charge on any atom is 0.255 e. The molecule has 3 aromatic rings. The third kappa shape index (κ3) is 2.08. The molecule has 2 aromatic carbocycles. The topological polar surface area (TPSA) is 54.9 Å². The molecule has 0 unspecified atom stereocenters. The molecule has 4 nitrogen and oxygen atoms in total. The molecule has 1 heterocycles. The minimum absolute atomic E-state index is 0.127. The Hall–Kier alpha value is -2.27. The standard InChI is InChI=1S/C13H9N3OS/c17-13(9-4-2-1-3-5-9)14-10-6-7-11-12(8-10)16-18-15-11/h1-8H,(H,14,17). The van der Waals surface area contributed by atoms with Gasteiger partial charge in [-0.25, -0.2) is 0 Å². The minimum Gasteiger partial charge on any atom is -0.322 e. The Morgan fingerprint density at radius 3 is 2.61 bits per heavy atom. The third-order valence-corrected chi connectivity index (χ3v) is 3.10. The Labute approximate surface area is 108 Å². The quantitative estimate of drug-likeness (QED) is 0.766. The first-order valence-electron chi connectivity index (χ1n) is 5.42. The Kier molecular flexibility index (Phi) is 2.74. The molecule has 0 aliphatic heterocycles. The second-order valence-corrected chi connectivity index (χ2v) is 4.32. The largest absolute Gasteiger partial charge is 0.322 e. The highest BCUT2D eigenvalue weighted by atomic mass is 32.1. The molecular weight excluding hydrogens is 246 g/mol. The molecule has 18 heavy (non-hydrogen) atoms. The Balaban J connectivity index is 1.86. The molecule has 0 aliphatic carbocycles. The van der Waals surface area contributed by atoms with Crippen LogP contribution in [0.5, 0.6) is 0 Å². The van der Waals surface area contributed by atoms with Crippen LogP contribution in [0.3, 0.4) is 0 Å². The smallest absolute Gasteiger partial charge is 0.255 e. The van der Waals surface area contributed by atoms with Crippen LogP contribution in [0.2, 0.25) is 0 Å². The first-order valence-corrected chi connectivity index (χ1v) is 6.15. The molecule has 0 saturated carbocycles. The van der Waals surface area contributed by atoms with Crippen LogP contribution in [0.15, 0.2) is 48.5 Å². The van der Waals surface area contributed by atoms with Gasteiger partial charge in [-0.2, -0.15) is 8.75 Å². The highest BCUT2D eigenvalue weighted by Crippen LogP contribution is 2.17. The molecule has 0 radical (unpaired) electrons. The van der Waals surface area contributed by atoms with Crippen molar-refractivity contribution in [1.29, 1.82) is 0 Å². The van der Waals surface area contributed by atoms with Gasteiger partial charge in [0.2, 0.25) is 0 Å². The van der Waals surface area contributed by atoms with Gasteiger partial charge in [-0.05, 0) is 30.3 Å². The summed E-state index contributed by atoms with van der Waals surface area (Å²) in [5.74, 6) is -0.127. The van der Waals surface area contributed by atoms with Gasteiger partial charge in [0.25, 0.3) is 5.91 Å². The van der Waals surface area contributed by atoms with Gasteiger partial charge in [0.05, 0.1) is 11.7 Å². The lowest BCUT2D eigenvalue weighted by molar-refractivity contribution is 0.102. The van der Waals surface area contributed by atoms with Crippen molar-refractivity contribution >= 4 is 34.4 Å². The minimum atomic E-state index is -0.127. The van der Waals surface area contributed by atoms with Gasteiger partial charge < -0.3 is 5.32 Å². The first-order chi connectivity index (χ1) is 8.83. The van der Waals surface area contributed by atoms with Crippen molar-refractivity contribution in [3.8, 4) is 0 Å². The third-order valence-electron chi connectivity index (χ3n) is 2.55. The number of nitrogens with one attached hydrogen (secondary N) is 1. The van der Waals surface area contributed by atoms with Crippen LogP contribution < -0.4 is 5.32 Å². The van der Waals surface area contributed by atoms with E-state index < -0.39 is 0 Å². The number of fused-ring (bicyclic) bond motifs is 1. The number of rotatable bonds is 2. The summed E-state index contributed by atoms with van der Waals surface area (Å²) < 4.78 is 8.25. The van der Waals surface area contributed by atoms with E-state index in [2.05, 4.69) is 14.1 Å². The summed E-state index contributed by atoms with van der Waals surface area (Å²) >= 11 is 1.16. The number of amides is 1. The zero-order valence-electron chi connectivity index (χ0n) is 9.33. The Morgan fingerprint density at radius 2 is 1.78 bits per heavy atom. The molecule has 3 rings (SSSR count). The Morgan fingerprint density at radius 1 is 1.00 bits per heavy atom. The van der Waals surface area contributed by atoms with Crippen molar-refractivity contribution in [3.63, 3.8) is 0 Å². The van der Waals surface area contributed by atoms with E-state index >= 15 is 0 Å². The van der Waals surface area contributed by atoms with Gasteiger partial charge in [0.15, 0.2) is 0 Å². The second kappa shape index (κ2) is 4.54. The van der Waals surface area contributed by atoms with Crippen molar-refractivity contribution in [1.82, 2.24) is 8.75 Å². The zero-order valence-corrected chi connectivity index (χ0v) is 10.1. The number of hydrogen-bond donors (Lipinski definition) is 1. The van der Waals surface area contributed by atoms with Gasteiger partial charge in [-0.3, -0.25) is 4.79 Å². The van der Waals surface area contributed by atoms with E-state index in [9.17, 15) is 4.79 Å². The summed E-state index contributed by atoms with van der Waals surface area (Å²) in [6.07, 6.45) is 0. The second-order valence-electron chi connectivity index (χ2n) is 3.79. The normalized spacial score (nSPS) is 10.4. The van der Waals surface area contributed by atoms with Gasteiger partial charge in [-0.1, -0.05) is 18.2 Å². The van der Waals surface area contributed by atoms with E-state index in [1.54, 1.807) is 12.1 Å². The maximum atomic E-state index is 11.9. The molecule has 0 spiro atoms. The molecule has 1 aromatic heterocycles. The lowest BCUT2D eigenvalue weighted by Gasteiger charge is -2.04. The summed E-state index contributed by atoms with van der Waals surface area (Å²) in [6, 6.07) is 14.6. The zero-order chi connectivity index (χ0) is 12.4. The maximum absolute atomic E-state index is 11.9. The van der Waals surface area contributed by atoms with Crippen molar-refractivity contribution in [3.05, 3.63) is 54.1 Å². The number of nitrogens with zero attached hydrogens (tertiary/aromatic N) is 2. The molecule has 88 valence electrons. The predicted octanol–water partition coefficient (Wildman–Crippen LogP) is 2.94. The highest BCUT2D eigenvalue weighted by molar-refractivity contribution is 7.00. The van der Waals surface area contributed by atoms with Crippen molar-refractivity contribution in [2.24, 2.45) is 0 Å². The summed E-state index contributed by atoms with van der Waals surface area (Å²) in [5.41, 5.74) is 3.00. The van der Waals surface area contributed by atoms with E-state index in [0.29, 0.717) is 5.56 Å². The molecular formula is C13H9N3OS. The average molecular weight is 255 g/mol. The molecule has 1 amide bonds. The van der Waals surface area contributed by atoms with Gasteiger partial charge in [0.1, 0.15) is 11.0 Å². The molecule has 1 N–H and O–H groups in total. The number of benzene rings is 2. The molecule has 0 fully saturated rings. The predicted molar refractivity (Wildman–Crippen MR) is 71.8 cm³/mol. The van der Waals surface area contributed by atoms with Crippen molar-refractivity contribution in [2.75, 3.05) is 5.32 Å². The fourth-order valence-corrected chi connectivity index (χ4v) is 2.17. The van der Waals surface area contributed by atoms with Crippen LogP contribution in [0.4, 0.5) is 5.69 Å². The van der Waals surface area contributed by atoms with Crippen LogP contribution in [0.1, 0.15) is 10.4 Å². The molecule has 0 saturated heterocycles.